The Morgan fingerprint density at radius 1 is 1.07 bits per heavy atom. The van der Waals surface area contributed by atoms with E-state index in [1.807, 2.05) is 12.1 Å². The Morgan fingerprint density at radius 3 is 2.29 bits per heavy atom. The Balaban J connectivity index is 2.02. The van der Waals surface area contributed by atoms with Crippen molar-refractivity contribution in [1.29, 1.82) is 10.5 Å². The predicted molar refractivity (Wildman–Crippen MR) is 102 cm³/mol. The van der Waals surface area contributed by atoms with Gasteiger partial charge in [-0.1, -0.05) is 11.6 Å². The van der Waals surface area contributed by atoms with Crippen LogP contribution in [0.25, 0.3) is 0 Å². The van der Waals surface area contributed by atoms with E-state index in [0.717, 1.165) is 0 Å². The third kappa shape index (κ3) is 5.21. The van der Waals surface area contributed by atoms with Crippen LogP contribution >= 0.6 is 11.6 Å². The number of amides is 2. The highest BCUT2D eigenvalue weighted by Gasteiger charge is 2.24. The molecule has 142 valence electrons. The Kier molecular flexibility index (Phi) is 6.94. The van der Waals surface area contributed by atoms with E-state index in [0.29, 0.717) is 11.3 Å². The SMILES string of the molecule is C[C@H](O)C(Nc1ccc(C#N)c(Cl)c1)C(=O)NNC(=O)c1ccc(C#N)cc1. The molecule has 2 aromatic rings. The van der Waals surface area contributed by atoms with E-state index in [9.17, 15) is 14.7 Å². The fraction of sp³-hybridized carbons (Fsp3) is 0.158. The second-order valence-electron chi connectivity index (χ2n) is 5.80. The summed E-state index contributed by atoms with van der Waals surface area (Å²) >= 11 is 5.96. The maximum Gasteiger partial charge on any atom is 0.269 e. The van der Waals surface area contributed by atoms with E-state index >= 15 is 0 Å². The number of anilines is 1. The van der Waals surface area contributed by atoms with Crippen molar-refractivity contribution in [2.75, 3.05) is 5.32 Å². The van der Waals surface area contributed by atoms with Crippen molar-refractivity contribution in [2.45, 2.75) is 19.1 Å². The summed E-state index contributed by atoms with van der Waals surface area (Å²) in [5, 5.41) is 30.6. The van der Waals surface area contributed by atoms with Gasteiger partial charge in [0.25, 0.3) is 11.8 Å². The molecule has 0 spiro atoms. The zero-order valence-electron chi connectivity index (χ0n) is 14.7. The van der Waals surface area contributed by atoms with Gasteiger partial charge < -0.3 is 10.4 Å². The third-order valence-corrected chi connectivity index (χ3v) is 4.06. The van der Waals surface area contributed by atoms with Gasteiger partial charge in [0.05, 0.1) is 28.3 Å². The number of hydrogen-bond acceptors (Lipinski definition) is 6. The number of carbonyl (C=O) groups is 2. The number of nitriles is 2. The van der Waals surface area contributed by atoms with Crippen LogP contribution in [0.3, 0.4) is 0 Å². The number of benzene rings is 2. The summed E-state index contributed by atoms with van der Waals surface area (Å²) in [4.78, 5) is 24.4. The van der Waals surface area contributed by atoms with E-state index < -0.39 is 24.0 Å². The van der Waals surface area contributed by atoms with Crippen LogP contribution in [0.4, 0.5) is 5.69 Å². The van der Waals surface area contributed by atoms with Gasteiger partial charge in [-0.15, -0.1) is 0 Å². The highest BCUT2D eigenvalue weighted by molar-refractivity contribution is 6.32. The molecule has 1 unspecified atom stereocenters. The lowest BCUT2D eigenvalue weighted by Gasteiger charge is -2.22. The molecule has 2 amide bonds. The molecular weight excluding hydrogens is 382 g/mol. The summed E-state index contributed by atoms with van der Waals surface area (Å²) < 4.78 is 0. The van der Waals surface area contributed by atoms with Gasteiger partial charge in [0.15, 0.2) is 0 Å². The number of halogens is 1. The average molecular weight is 398 g/mol. The van der Waals surface area contributed by atoms with Gasteiger partial charge in [-0.05, 0) is 49.4 Å². The Hall–Kier alpha value is -3.59. The quantitative estimate of drug-likeness (QED) is 0.566. The smallest absolute Gasteiger partial charge is 0.269 e. The Morgan fingerprint density at radius 2 is 1.75 bits per heavy atom. The molecule has 0 aliphatic rings. The number of hydrogen-bond donors (Lipinski definition) is 4. The van der Waals surface area contributed by atoms with Crippen LogP contribution in [-0.4, -0.2) is 29.1 Å². The normalized spacial score (nSPS) is 12.0. The molecular formula is C19H16ClN5O3. The minimum atomic E-state index is -1.10. The van der Waals surface area contributed by atoms with Crippen molar-refractivity contribution in [1.82, 2.24) is 10.9 Å². The lowest BCUT2D eigenvalue weighted by Crippen LogP contribution is -2.52. The lowest BCUT2D eigenvalue weighted by atomic mass is 10.1. The Bertz CT molecular complexity index is 961. The molecule has 0 saturated carbocycles. The summed E-state index contributed by atoms with van der Waals surface area (Å²) in [5.41, 5.74) is 5.83. The lowest BCUT2D eigenvalue weighted by molar-refractivity contribution is -0.124. The molecule has 28 heavy (non-hydrogen) atoms. The predicted octanol–water partition coefficient (Wildman–Crippen LogP) is 1.71. The van der Waals surface area contributed by atoms with Gasteiger partial charge in [-0.25, -0.2) is 0 Å². The van der Waals surface area contributed by atoms with Gasteiger partial charge in [-0.2, -0.15) is 10.5 Å². The molecule has 0 aliphatic heterocycles. The first-order valence-corrected chi connectivity index (χ1v) is 8.48. The average Bonchev–Trinajstić information content (AvgIpc) is 2.69. The fourth-order valence-corrected chi connectivity index (χ4v) is 2.47. The van der Waals surface area contributed by atoms with Crippen LogP contribution in [0.15, 0.2) is 42.5 Å². The van der Waals surface area contributed by atoms with Crippen LogP contribution < -0.4 is 16.2 Å². The number of nitrogens with one attached hydrogen (secondary N) is 3. The minimum absolute atomic E-state index is 0.200. The number of aliphatic hydroxyl groups excluding tert-OH is 1. The number of rotatable bonds is 5. The maximum absolute atomic E-state index is 12.4. The molecule has 0 aliphatic carbocycles. The van der Waals surface area contributed by atoms with E-state index in [2.05, 4.69) is 16.2 Å². The monoisotopic (exact) mass is 397 g/mol. The van der Waals surface area contributed by atoms with E-state index in [4.69, 9.17) is 22.1 Å². The van der Waals surface area contributed by atoms with Gasteiger partial charge in [0, 0.05) is 11.3 Å². The fourth-order valence-electron chi connectivity index (χ4n) is 2.24. The molecule has 9 heteroatoms. The molecule has 0 heterocycles. The molecule has 2 rings (SSSR count). The molecule has 0 fully saturated rings. The topological polar surface area (TPSA) is 138 Å². The second kappa shape index (κ2) is 9.38. The molecule has 4 N–H and O–H groups in total. The molecule has 2 aromatic carbocycles. The van der Waals surface area contributed by atoms with E-state index in [1.54, 1.807) is 6.07 Å². The molecule has 8 nitrogen and oxygen atoms in total. The van der Waals surface area contributed by atoms with Gasteiger partial charge in [0.2, 0.25) is 0 Å². The Labute approximate surface area is 166 Å². The summed E-state index contributed by atoms with van der Waals surface area (Å²) in [6.07, 6.45) is -1.10. The standard InChI is InChI=1S/C19H16ClN5O3/c1-11(26)17(23-15-7-6-14(10-22)16(20)8-15)19(28)25-24-18(27)13-4-2-12(9-21)3-5-13/h2-8,11,17,23,26H,1H3,(H,24,27)(H,25,28)/t11-,17?/m0/s1. The van der Waals surface area contributed by atoms with E-state index in [-0.39, 0.29) is 16.1 Å². The summed E-state index contributed by atoms with van der Waals surface area (Å²) in [5.74, 6) is -1.26. The summed E-state index contributed by atoms with van der Waals surface area (Å²) in [6.45, 7) is 1.41. The second-order valence-corrected chi connectivity index (χ2v) is 6.21. The van der Waals surface area contributed by atoms with Crippen molar-refractivity contribution in [2.24, 2.45) is 0 Å². The number of aliphatic hydroxyl groups is 1. The van der Waals surface area contributed by atoms with Gasteiger partial charge >= 0.3 is 0 Å². The van der Waals surface area contributed by atoms with Crippen LogP contribution in [-0.2, 0) is 4.79 Å². The number of hydrazine groups is 1. The molecule has 0 radical (unpaired) electrons. The zero-order valence-corrected chi connectivity index (χ0v) is 15.5. The van der Waals surface area contributed by atoms with Crippen LogP contribution in [0, 0.1) is 22.7 Å². The first-order chi connectivity index (χ1) is 13.3. The van der Waals surface area contributed by atoms with Gasteiger partial charge in [-0.3, -0.25) is 20.4 Å². The van der Waals surface area contributed by atoms with Crippen molar-refractivity contribution in [3.63, 3.8) is 0 Å². The van der Waals surface area contributed by atoms with Crippen molar-refractivity contribution in [3.05, 3.63) is 64.2 Å². The van der Waals surface area contributed by atoms with Crippen molar-refractivity contribution in [3.8, 4) is 12.1 Å². The van der Waals surface area contributed by atoms with Crippen molar-refractivity contribution < 1.29 is 14.7 Å². The molecule has 2 atom stereocenters. The van der Waals surface area contributed by atoms with Gasteiger partial charge in [0.1, 0.15) is 12.1 Å². The first kappa shape index (κ1) is 20.7. The van der Waals surface area contributed by atoms with Crippen LogP contribution in [0.1, 0.15) is 28.4 Å². The molecule has 0 saturated heterocycles. The minimum Gasteiger partial charge on any atom is -0.391 e. The molecule has 0 aromatic heterocycles. The number of carbonyl (C=O) groups excluding carboxylic acids is 2. The summed E-state index contributed by atoms with van der Waals surface area (Å²) in [7, 11) is 0. The first-order valence-electron chi connectivity index (χ1n) is 8.10. The van der Waals surface area contributed by atoms with Crippen LogP contribution in [0.5, 0.6) is 0 Å². The largest absolute Gasteiger partial charge is 0.391 e. The summed E-state index contributed by atoms with van der Waals surface area (Å²) in [6, 6.07) is 13.1. The highest BCUT2D eigenvalue weighted by atomic mass is 35.5. The molecule has 0 bridgehead atoms. The maximum atomic E-state index is 12.4. The van der Waals surface area contributed by atoms with Crippen molar-refractivity contribution >= 4 is 29.1 Å². The number of nitrogens with zero attached hydrogens (tertiary/aromatic N) is 2. The van der Waals surface area contributed by atoms with Crippen LogP contribution in [0.2, 0.25) is 5.02 Å². The van der Waals surface area contributed by atoms with E-state index in [1.165, 1.54) is 43.3 Å². The third-order valence-electron chi connectivity index (χ3n) is 3.75. The zero-order chi connectivity index (χ0) is 20.7. The highest BCUT2D eigenvalue weighted by Crippen LogP contribution is 2.21.